The van der Waals surface area contributed by atoms with Crippen LogP contribution in [0, 0.1) is 0 Å². The number of rotatable bonds is 1. The molecular weight excluding hydrogens is 232 g/mol. The van der Waals surface area contributed by atoms with Gasteiger partial charge in [0, 0.05) is 31.7 Å². The lowest BCUT2D eigenvalue weighted by molar-refractivity contribution is 0.0647. The van der Waals surface area contributed by atoms with Gasteiger partial charge in [-0.05, 0) is 49.8 Å². The third-order valence-corrected chi connectivity index (χ3v) is 5.40. The normalized spacial score (nSPS) is 32.0. The number of piperazine rings is 1. The number of hydrogen-bond acceptors (Lipinski definition) is 2. The zero-order chi connectivity index (χ0) is 12.7. The van der Waals surface area contributed by atoms with Gasteiger partial charge in [-0.15, -0.1) is 0 Å². The summed E-state index contributed by atoms with van der Waals surface area (Å²) in [6.45, 7) is 5.22. The lowest BCUT2D eigenvalue weighted by atomic mass is 9.86. The number of hydrogen-bond donors (Lipinski definition) is 0. The third kappa shape index (κ3) is 2.11. The Bertz CT molecular complexity index is 456. The molecule has 1 aliphatic carbocycles. The molecule has 2 aliphatic heterocycles. The van der Waals surface area contributed by atoms with E-state index >= 15 is 0 Å². The smallest absolute Gasteiger partial charge is 0.0352 e. The van der Waals surface area contributed by atoms with E-state index in [9.17, 15) is 0 Å². The molecule has 2 nitrogen and oxygen atoms in total. The second-order valence-corrected chi connectivity index (χ2v) is 6.43. The van der Waals surface area contributed by atoms with Crippen LogP contribution in [0.15, 0.2) is 24.3 Å². The van der Waals surface area contributed by atoms with E-state index in [1.54, 1.807) is 11.1 Å². The Kier molecular flexibility index (Phi) is 3.08. The molecule has 2 fully saturated rings. The molecule has 0 N–H and O–H groups in total. The summed E-state index contributed by atoms with van der Waals surface area (Å²) < 4.78 is 0. The van der Waals surface area contributed by atoms with Gasteiger partial charge in [0.05, 0.1) is 0 Å². The Hall–Kier alpha value is -0.860. The Morgan fingerprint density at radius 1 is 0.895 bits per heavy atom. The minimum atomic E-state index is 0.702. The molecule has 0 spiro atoms. The molecule has 19 heavy (non-hydrogen) atoms. The number of nitrogens with zero attached hydrogens (tertiary/aromatic N) is 2. The van der Waals surface area contributed by atoms with Crippen LogP contribution in [0.25, 0.3) is 0 Å². The summed E-state index contributed by atoms with van der Waals surface area (Å²) in [5.74, 6) is 0. The summed E-state index contributed by atoms with van der Waals surface area (Å²) in [5.41, 5.74) is 3.23. The highest BCUT2D eigenvalue weighted by atomic mass is 15.3. The van der Waals surface area contributed by atoms with Gasteiger partial charge in [-0.3, -0.25) is 9.80 Å². The van der Waals surface area contributed by atoms with Crippen molar-refractivity contribution in [2.75, 3.05) is 26.2 Å². The van der Waals surface area contributed by atoms with Crippen LogP contribution in [0.2, 0.25) is 0 Å². The van der Waals surface area contributed by atoms with Crippen molar-refractivity contribution >= 4 is 0 Å². The van der Waals surface area contributed by atoms with Crippen molar-refractivity contribution in [3.8, 4) is 0 Å². The van der Waals surface area contributed by atoms with Crippen molar-refractivity contribution in [1.82, 2.24) is 9.80 Å². The van der Waals surface area contributed by atoms with E-state index < -0.39 is 0 Å². The standard InChI is InChI=1S/C17H24N2/c1-2-8-16-14(5-1)6-3-9-17(16)19-12-11-18-10-4-7-15(18)13-19/h1-2,5,8,15,17H,3-4,6-7,9-13H2. The predicted octanol–water partition coefficient (Wildman–Crippen LogP) is 2.84. The molecule has 4 rings (SSSR count). The van der Waals surface area contributed by atoms with Crippen molar-refractivity contribution in [1.29, 1.82) is 0 Å². The van der Waals surface area contributed by atoms with Crippen LogP contribution in [0.5, 0.6) is 0 Å². The van der Waals surface area contributed by atoms with Crippen molar-refractivity contribution in [3.63, 3.8) is 0 Å². The van der Waals surface area contributed by atoms with Gasteiger partial charge in [-0.25, -0.2) is 0 Å². The number of benzene rings is 1. The molecule has 2 saturated heterocycles. The molecule has 0 saturated carbocycles. The van der Waals surface area contributed by atoms with Crippen LogP contribution in [-0.4, -0.2) is 42.0 Å². The molecule has 2 atom stereocenters. The molecule has 0 amide bonds. The molecule has 1 aromatic rings. The molecule has 2 heterocycles. The Morgan fingerprint density at radius 2 is 1.79 bits per heavy atom. The van der Waals surface area contributed by atoms with E-state index in [2.05, 4.69) is 34.1 Å². The SMILES string of the molecule is c1ccc2c(c1)CCCC2N1CCN2CCCC2C1. The summed E-state index contributed by atoms with van der Waals surface area (Å²) in [5, 5.41) is 0. The molecule has 102 valence electrons. The maximum atomic E-state index is 2.78. The lowest BCUT2D eigenvalue weighted by Gasteiger charge is -2.43. The Labute approximate surface area is 116 Å². The van der Waals surface area contributed by atoms with Gasteiger partial charge in [-0.1, -0.05) is 24.3 Å². The van der Waals surface area contributed by atoms with E-state index in [1.807, 2.05) is 0 Å². The number of aryl methyl sites for hydroxylation is 1. The van der Waals surface area contributed by atoms with Gasteiger partial charge in [0.25, 0.3) is 0 Å². The lowest BCUT2D eigenvalue weighted by Crippen LogP contribution is -2.51. The van der Waals surface area contributed by atoms with E-state index in [0.29, 0.717) is 6.04 Å². The topological polar surface area (TPSA) is 6.48 Å². The fraction of sp³-hybridized carbons (Fsp3) is 0.647. The second-order valence-electron chi connectivity index (χ2n) is 6.43. The largest absolute Gasteiger partial charge is 0.298 e. The predicted molar refractivity (Wildman–Crippen MR) is 78.3 cm³/mol. The van der Waals surface area contributed by atoms with Gasteiger partial charge in [0.15, 0.2) is 0 Å². The highest BCUT2D eigenvalue weighted by Gasteiger charge is 2.34. The quantitative estimate of drug-likeness (QED) is 0.762. The molecular formula is C17H24N2. The summed E-state index contributed by atoms with van der Waals surface area (Å²) in [7, 11) is 0. The van der Waals surface area contributed by atoms with Crippen molar-refractivity contribution < 1.29 is 0 Å². The average molecular weight is 256 g/mol. The van der Waals surface area contributed by atoms with Gasteiger partial charge in [0.2, 0.25) is 0 Å². The maximum absolute atomic E-state index is 2.78. The first kappa shape index (κ1) is 11.9. The van der Waals surface area contributed by atoms with Crippen LogP contribution >= 0.6 is 0 Å². The van der Waals surface area contributed by atoms with Crippen LogP contribution in [-0.2, 0) is 6.42 Å². The van der Waals surface area contributed by atoms with Gasteiger partial charge < -0.3 is 0 Å². The number of fused-ring (bicyclic) bond motifs is 2. The van der Waals surface area contributed by atoms with Gasteiger partial charge in [0.1, 0.15) is 0 Å². The van der Waals surface area contributed by atoms with E-state index in [-0.39, 0.29) is 0 Å². The third-order valence-electron chi connectivity index (χ3n) is 5.40. The Balaban J connectivity index is 1.57. The first-order valence-corrected chi connectivity index (χ1v) is 7.98. The molecule has 0 bridgehead atoms. The maximum Gasteiger partial charge on any atom is 0.0352 e. The first-order valence-electron chi connectivity index (χ1n) is 7.98. The minimum Gasteiger partial charge on any atom is -0.298 e. The highest BCUT2D eigenvalue weighted by molar-refractivity contribution is 5.32. The van der Waals surface area contributed by atoms with E-state index in [1.165, 1.54) is 58.3 Å². The summed E-state index contributed by atoms with van der Waals surface area (Å²) in [6, 6.07) is 10.7. The van der Waals surface area contributed by atoms with Crippen LogP contribution in [0.4, 0.5) is 0 Å². The molecule has 2 heteroatoms. The van der Waals surface area contributed by atoms with Crippen molar-refractivity contribution in [3.05, 3.63) is 35.4 Å². The molecule has 0 aromatic heterocycles. The van der Waals surface area contributed by atoms with Crippen molar-refractivity contribution in [2.24, 2.45) is 0 Å². The van der Waals surface area contributed by atoms with Crippen LogP contribution in [0.1, 0.15) is 42.9 Å². The van der Waals surface area contributed by atoms with Gasteiger partial charge >= 0.3 is 0 Å². The van der Waals surface area contributed by atoms with Gasteiger partial charge in [-0.2, -0.15) is 0 Å². The fourth-order valence-corrected chi connectivity index (χ4v) is 4.41. The molecule has 3 aliphatic rings. The molecule has 1 aromatic carbocycles. The fourth-order valence-electron chi connectivity index (χ4n) is 4.41. The second kappa shape index (κ2) is 4.92. The van der Waals surface area contributed by atoms with Crippen LogP contribution in [0.3, 0.4) is 0 Å². The minimum absolute atomic E-state index is 0.702. The van der Waals surface area contributed by atoms with E-state index in [4.69, 9.17) is 0 Å². The summed E-state index contributed by atoms with van der Waals surface area (Å²) in [6.07, 6.45) is 6.86. The van der Waals surface area contributed by atoms with E-state index in [0.717, 1.165) is 6.04 Å². The van der Waals surface area contributed by atoms with Crippen molar-refractivity contribution in [2.45, 2.75) is 44.2 Å². The molecule has 2 unspecified atom stereocenters. The summed E-state index contributed by atoms with van der Waals surface area (Å²) >= 11 is 0. The molecule has 0 radical (unpaired) electrons. The van der Waals surface area contributed by atoms with Crippen LogP contribution < -0.4 is 0 Å². The first-order chi connectivity index (χ1) is 9.42. The average Bonchev–Trinajstić information content (AvgIpc) is 2.94. The highest BCUT2D eigenvalue weighted by Crippen LogP contribution is 2.36. The Morgan fingerprint density at radius 3 is 2.79 bits per heavy atom. The summed E-state index contributed by atoms with van der Waals surface area (Å²) in [4.78, 5) is 5.50. The monoisotopic (exact) mass is 256 g/mol. The zero-order valence-electron chi connectivity index (χ0n) is 11.7. The zero-order valence-corrected chi connectivity index (χ0v) is 11.7.